The van der Waals surface area contributed by atoms with Crippen molar-refractivity contribution in [3.05, 3.63) is 46.1 Å². The normalized spacial score (nSPS) is 13.0. The van der Waals surface area contributed by atoms with Gasteiger partial charge in [0.05, 0.1) is 24.3 Å². The number of esters is 1. The Bertz CT molecular complexity index is 873. The van der Waals surface area contributed by atoms with Gasteiger partial charge in [0.25, 0.3) is 0 Å². The van der Waals surface area contributed by atoms with E-state index in [1.807, 2.05) is 6.07 Å². The molecule has 1 aromatic rings. The highest BCUT2D eigenvalue weighted by molar-refractivity contribution is 6.30. The average molecular weight is 385 g/mol. The molecule has 0 unspecified atom stereocenters. The van der Waals surface area contributed by atoms with Crippen LogP contribution in [0.1, 0.15) is 25.3 Å². The molecule has 138 valence electrons. The third-order valence-corrected chi connectivity index (χ3v) is 4.15. The number of nitrogens with two attached hydrogens (primary N) is 1. The van der Waals surface area contributed by atoms with Gasteiger partial charge in [-0.05, 0) is 31.5 Å². The molecule has 2 N–H and O–H groups in total. The Morgan fingerprint density at radius 3 is 2.33 bits per heavy atom. The molecule has 27 heavy (non-hydrogen) atoms. The molecule has 0 aliphatic rings. The van der Waals surface area contributed by atoms with Crippen molar-refractivity contribution in [3.8, 4) is 18.2 Å². The highest BCUT2D eigenvalue weighted by Crippen LogP contribution is 2.38. The minimum atomic E-state index is -1.36. The first-order valence-corrected chi connectivity index (χ1v) is 8.32. The van der Waals surface area contributed by atoms with E-state index in [9.17, 15) is 14.9 Å². The monoisotopic (exact) mass is 384 g/mol. The number of halogens is 1. The molecule has 0 aliphatic carbocycles. The van der Waals surface area contributed by atoms with E-state index in [0.717, 1.165) is 0 Å². The molecule has 0 aliphatic heterocycles. The van der Waals surface area contributed by atoms with Gasteiger partial charge in [0.2, 0.25) is 0 Å². The summed E-state index contributed by atoms with van der Waals surface area (Å²) in [7, 11) is 0. The van der Waals surface area contributed by atoms with Crippen LogP contribution < -0.4 is 5.73 Å². The molecule has 0 saturated carbocycles. The highest BCUT2D eigenvalue weighted by atomic mass is 35.5. The predicted octanol–water partition coefficient (Wildman–Crippen LogP) is 2.59. The smallest absolute Gasteiger partial charge is 0.317 e. The fourth-order valence-corrected chi connectivity index (χ4v) is 2.94. The molecule has 0 heterocycles. The maximum atomic E-state index is 12.5. The molecule has 1 aromatic carbocycles. The molecule has 0 amide bonds. The summed E-state index contributed by atoms with van der Waals surface area (Å²) in [5.41, 5.74) is 5.51. The van der Waals surface area contributed by atoms with Crippen LogP contribution in [0.3, 0.4) is 0 Å². The van der Waals surface area contributed by atoms with Crippen molar-refractivity contribution < 1.29 is 14.3 Å². The first-order chi connectivity index (χ1) is 12.8. The van der Waals surface area contributed by atoms with Gasteiger partial charge in [-0.2, -0.15) is 15.8 Å². The lowest BCUT2D eigenvalue weighted by Crippen LogP contribution is -2.36. The lowest BCUT2D eigenvalue weighted by Gasteiger charge is -2.28. The largest absolute Gasteiger partial charge is 0.465 e. The SMILES string of the molecule is CCOC(=O)[C@H](C(C)=O)[C@@H](c1cccc(Cl)c1)[C@@H](C#N)C(N)=C(C#N)C#N. The Morgan fingerprint density at radius 1 is 1.26 bits per heavy atom. The van der Waals surface area contributed by atoms with Crippen LogP contribution in [-0.2, 0) is 14.3 Å². The topological polar surface area (TPSA) is 141 Å². The first-order valence-electron chi connectivity index (χ1n) is 7.94. The van der Waals surface area contributed by atoms with E-state index in [0.29, 0.717) is 10.6 Å². The van der Waals surface area contributed by atoms with Gasteiger partial charge in [-0.3, -0.25) is 9.59 Å². The van der Waals surface area contributed by atoms with Crippen molar-refractivity contribution in [2.75, 3.05) is 6.61 Å². The maximum Gasteiger partial charge on any atom is 0.317 e. The van der Waals surface area contributed by atoms with Crippen LogP contribution in [0.5, 0.6) is 0 Å². The van der Waals surface area contributed by atoms with Gasteiger partial charge in [0.1, 0.15) is 29.4 Å². The van der Waals surface area contributed by atoms with E-state index in [1.54, 1.807) is 37.3 Å². The summed E-state index contributed by atoms with van der Waals surface area (Å²) < 4.78 is 5.00. The Balaban J connectivity index is 3.73. The molecule has 0 aromatic heterocycles. The van der Waals surface area contributed by atoms with Gasteiger partial charge in [-0.1, -0.05) is 23.7 Å². The zero-order valence-corrected chi connectivity index (χ0v) is 15.5. The second-order valence-corrected chi connectivity index (χ2v) is 6.02. The summed E-state index contributed by atoms with van der Waals surface area (Å²) in [6, 6.07) is 11.4. The van der Waals surface area contributed by atoms with Crippen LogP contribution in [0, 0.1) is 45.8 Å². The van der Waals surface area contributed by atoms with E-state index in [-0.39, 0.29) is 12.3 Å². The number of ketones is 1. The summed E-state index contributed by atoms with van der Waals surface area (Å²) in [5.74, 6) is -5.09. The second-order valence-electron chi connectivity index (χ2n) is 5.58. The molecule has 1 rings (SSSR count). The first kappa shape index (κ1) is 21.7. The van der Waals surface area contributed by atoms with Crippen molar-refractivity contribution in [2.45, 2.75) is 19.8 Å². The van der Waals surface area contributed by atoms with Crippen LogP contribution >= 0.6 is 11.6 Å². The second kappa shape index (κ2) is 9.97. The van der Waals surface area contributed by atoms with Gasteiger partial charge in [0, 0.05) is 10.9 Å². The van der Waals surface area contributed by atoms with Crippen LogP contribution in [0.2, 0.25) is 5.02 Å². The number of allylic oxidation sites excluding steroid dienone is 2. The van der Waals surface area contributed by atoms with Crippen LogP contribution in [-0.4, -0.2) is 18.4 Å². The summed E-state index contributed by atoms with van der Waals surface area (Å²) in [5, 5.41) is 28.2. The lowest BCUT2D eigenvalue weighted by molar-refractivity contribution is -0.152. The molecule has 3 atom stereocenters. The van der Waals surface area contributed by atoms with E-state index >= 15 is 0 Å². The third-order valence-electron chi connectivity index (χ3n) is 3.92. The number of benzene rings is 1. The fraction of sp³-hybridized carbons (Fsp3) is 0.316. The molecule has 7 nitrogen and oxygen atoms in total. The van der Waals surface area contributed by atoms with Gasteiger partial charge in [-0.15, -0.1) is 0 Å². The maximum absolute atomic E-state index is 12.5. The summed E-state index contributed by atoms with van der Waals surface area (Å²) >= 11 is 6.03. The van der Waals surface area contributed by atoms with E-state index in [4.69, 9.17) is 32.6 Å². The van der Waals surface area contributed by atoms with E-state index < -0.39 is 35.1 Å². The van der Waals surface area contributed by atoms with E-state index in [2.05, 4.69) is 0 Å². The highest BCUT2D eigenvalue weighted by Gasteiger charge is 2.41. The number of nitriles is 3. The van der Waals surface area contributed by atoms with Crippen molar-refractivity contribution in [1.29, 1.82) is 15.8 Å². The molecule has 0 fully saturated rings. The summed E-state index contributed by atoms with van der Waals surface area (Å²) in [6.07, 6.45) is 0. The Morgan fingerprint density at radius 2 is 1.89 bits per heavy atom. The van der Waals surface area contributed by atoms with Crippen LogP contribution in [0.4, 0.5) is 0 Å². The molecular formula is C19H17ClN4O3. The number of Topliss-reactive ketones (excluding diaryl/α,β-unsaturated/α-hetero) is 1. The molecule has 0 saturated heterocycles. The van der Waals surface area contributed by atoms with E-state index in [1.165, 1.54) is 13.0 Å². The van der Waals surface area contributed by atoms with Gasteiger partial charge >= 0.3 is 5.97 Å². The van der Waals surface area contributed by atoms with Crippen LogP contribution in [0.25, 0.3) is 0 Å². The van der Waals surface area contributed by atoms with Crippen LogP contribution in [0.15, 0.2) is 35.5 Å². The Labute approximate surface area is 162 Å². The summed E-state index contributed by atoms with van der Waals surface area (Å²) in [6.45, 7) is 2.82. The zero-order chi connectivity index (χ0) is 20.6. The lowest BCUT2D eigenvalue weighted by atomic mass is 9.74. The number of carbonyl (C=O) groups is 2. The molecule has 0 radical (unpaired) electrons. The minimum Gasteiger partial charge on any atom is -0.465 e. The quantitative estimate of drug-likeness (QED) is 0.432. The molecule has 0 spiro atoms. The average Bonchev–Trinajstić information content (AvgIpc) is 2.62. The zero-order valence-electron chi connectivity index (χ0n) is 14.8. The third kappa shape index (κ3) is 5.07. The minimum absolute atomic E-state index is 0.0368. The molecular weight excluding hydrogens is 368 g/mol. The predicted molar refractivity (Wildman–Crippen MR) is 96.5 cm³/mol. The molecule has 8 heteroatoms. The number of ether oxygens (including phenoxy) is 1. The van der Waals surface area contributed by atoms with Crippen molar-refractivity contribution in [1.82, 2.24) is 0 Å². The standard InChI is InChI=1S/C19H17ClN4O3/c1-3-27-19(26)16(11(2)25)17(12-5-4-6-14(20)7-12)15(10-23)18(24)13(8-21)9-22/h4-7,15-17H,3,24H2,1-2H3/t15-,16-,17+/m1/s1. The van der Waals surface area contributed by atoms with Crippen molar-refractivity contribution >= 4 is 23.4 Å². The van der Waals surface area contributed by atoms with Crippen molar-refractivity contribution in [2.24, 2.45) is 17.6 Å². The molecule has 0 bridgehead atoms. The van der Waals surface area contributed by atoms with Gasteiger partial charge < -0.3 is 10.5 Å². The van der Waals surface area contributed by atoms with Gasteiger partial charge in [-0.25, -0.2) is 0 Å². The number of hydrogen-bond donors (Lipinski definition) is 1. The Kier molecular flexibility index (Phi) is 8.01. The summed E-state index contributed by atoms with van der Waals surface area (Å²) in [4.78, 5) is 24.7. The number of carbonyl (C=O) groups excluding carboxylic acids is 2. The Hall–Kier alpha value is -3.34. The number of nitrogens with zero attached hydrogens (tertiary/aromatic N) is 3. The van der Waals surface area contributed by atoms with Crippen molar-refractivity contribution in [3.63, 3.8) is 0 Å². The van der Waals surface area contributed by atoms with Gasteiger partial charge in [0.15, 0.2) is 0 Å². The fourth-order valence-electron chi connectivity index (χ4n) is 2.74. The number of hydrogen-bond acceptors (Lipinski definition) is 7. The number of rotatable bonds is 7.